The first kappa shape index (κ1) is 8.42. The third-order valence-electron chi connectivity index (χ3n) is 3.11. The van der Waals surface area contributed by atoms with Crippen LogP contribution in [0, 0.1) is 5.41 Å². The number of rotatable bonds is 1. The summed E-state index contributed by atoms with van der Waals surface area (Å²) in [6.07, 6.45) is 5.20. The molecule has 1 heterocycles. The van der Waals surface area contributed by atoms with Crippen LogP contribution < -0.4 is 0 Å². The van der Waals surface area contributed by atoms with E-state index in [1.54, 1.807) is 0 Å². The van der Waals surface area contributed by atoms with Gasteiger partial charge in [0.05, 0.1) is 5.75 Å². The first-order valence-corrected chi connectivity index (χ1v) is 5.28. The lowest BCUT2D eigenvalue weighted by Gasteiger charge is -2.32. The van der Waals surface area contributed by atoms with Crippen molar-refractivity contribution in [2.45, 2.75) is 25.7 Å². The minimum Gasteiger partial charge on any atom is -0.341 e. The quantitative estimate of drug-likeness (QED) is 0.611. The largest absolute Gasteiger partial charge is 0.341 e. The number of hydrogen-bond donors (Lipinski definition) is 1. The second-order valence-electron chi connectivity index (χ2n) is 4.08. The van der Waals surface area contributed by atoms with Crippen LogP contribution in [0.4, 0.5) is 0 Å². The highest BCUT2D eigenvalue weighted by atomic mass is 32.1. The van der Waals surface area contributed by atoms with Gasteiger partial charge in [-0.25, -0.2) is 0 Å². The maximum atomic E-state index is 11.3. The first-order valence-electron chi connectivity index (χ1n) is 4.64. The van der Waals surface area contributed by atoms with Crippen LogP contribution in [0.1, 0.15) is 25.7 Å². The second kappa shape index (κ2) is 2.95. The number of carbonyl (C=O) groups is 1. The van der Waals surface area contributed by atoms with Crippen molar-refractivity contribution in [3.63, 3.8) is 0 Å². The van der Waals surface area contributed by atoms with E-state index < -0.39 is 0 Å². The Hall–Kier alpha value is -0.180. The molecule has 0 atom stereocenters. The normalized spacial score (nSPS) is 25.9. The Bertz CT molecular complexity index is 201. The molecular weight excluding hydrogens is 170 g/mol. The molecule has 3 heteroatoms. The van der Waals surface area contributed by atoms with Gasteiger partial charge in [-0.1, -0.05) is 0 Å². The van der Waals surface area contributed by atoms with Crippen molar-refractivity contribution in [3.05, 3.63) is 0 Å². The van der Waals surface area contributed by atoms with Crippen molar-refractivity contribution in [2.24, 2.45) is 5.41 Å². The SMILES string of the molecule is O=C(CS)N1CCCC2(CC2)C1. The molecule has 1 aliphatic carbocycles. The molecule has 1 amide bonds. The van der Waals surface area contributed by atoms with E-state index >= 15 is 0 Å². The van der Waals surface area contributed by atoms with Crippen LogP contribution in [-0.2, 0) is 4.79 Å². The number of carbonyl (C=O) groups excluding carboxylic acids is 1. The van der Waals surface area contributed by atoms with Crippen LogP contribution >= 0.6 is 12.6 Å². The lowest BCUT2D eigenvalue weighted by Crippen LogP contribution is -2.41. The van der Waals surface area contributed by atoms with Crippen LogP contribution in [0.2, 0.25) is 0 Å². The maximum absolute atomic E-state index is 11.3. The minimum atomic E-state index is 0.212. The van der Waals surface area contributed by atoms with Gasteiger partial charge in [-0.15, -0.1) is 0 Å². The number of nitrogens with zero attached hydrogens (tertiary/aromatic N) is 1. The molecule has 0 aromatic heterocycles. The lowest BCUT2D eigenvalue weighted by atomic mass is 9.95. The Morgan fingerprint density at radius 2 is 2.17 bits per heavy atom. The fraction of sp³-hybridized carbons (Fsp3) is 0.889. The van der Waals surface area contributed by atoms with E-state index in [0.29, 0.717) is 11.2 Å². The molecule has 2 aliphatic rings. The molecular formula is C9H15NOS. The van der Waals surface area contributed by atoms with Gasteiger partial charge in [-0.3, -0.25) is 4.79 Å². The Labute approximate surface area is 78.7 Å². The summed E-state index contributed by atoms with van der Waals surface area (Å²) in [6.45, 7) is 1.97. The Balaban J connectivity index is 1.94. The molecule has 1 aliphatic heterocycles. The standard InChI is InChI=1S/C9H15NOS/c11-8(6-12)10-5-1-2-9(7-10)3-4-9/h12H,1-7H2. The number of likely N-dealkylation sites (tertiary alicyclic amines) is 1. The summed E-state index contributed by atoms with van der Waals surface area (Å²) in [5, 5.41) is 0. The molecule has 0 aromatic rings. The average Bonchev–Trinajstić information content (AvgIpc) is 2.84. The van der Waals surface area contributed by atoms with E-state index in [0.717, 1.165) is 13.1 Å². The van der Waals surface area contributed by atoms with Crippen LogP contribution in [-0.4, -0.2) is 29.6 Å². The molecule has 1 saturated heterocycles. The third kappa shape index (κ3) is 1.47. The summed E-state index contributed by atoms with van der Waals surface area (Å²) < 4.78 is 0. The fourth-order valence-corrected chi connectivity index (χ4v) is 2.31. The summed E-state index contributed by atoms with van der Waals surface area (Å²) in [4.78, 5) is 13.3. The van der Waals surface area contributed by atoms with Gasteiger partial charge >= 0.3 is 0 Å². The van der Waals surface area contributed by atoms with Crippen LogP contribution in [0.3, 0.4) is 0 Å². The molecule has 0 radical (unpaired) electrons. The molecule has 2 fully saturated rings. The topological polar surface area (TPSA) is 20.3 Å². The molecule has 0 N–H and O–H groups in total. The maximum Gasteiger partial charge on any atom is 0.232 e. The van der Waals surface area contributed by atoms with Crippen molar-refractivity contribution < 1.29 is 4.79 Å². The predicted octanol–water partition coefficient (Wildman–Crippen LogP) is 1.32. The van der Waals surface area contributed by atoms with Gasteiger partial charge < -0.3 is 4.90 Å². The van der Waals surface area contributed by atoms with Gasteiger partial charge in [-0.05, 0) is 31.1 Å². The van der Waals surface area contributed by atoms with E-state index in [1.807, 2.05) is 4.90 Å². The van der Waals surface area contributed by atoms with Gasteiger partial charge in [0.25, 0.3) is 0 Å². The molecule has 1 spiro atoms. The van der Waals surface area contributed by atoms with E-state index in [2.05, 4.69) is 12.6 Å². The molecule has 68 valence electrons. The lowest BCUT2D eigenvalue weighted by molar-refractivity contribution is -0.130. The van der Waals surface area contributed by atoms with Crippen molar-refractivity contribution in [1.82, 2.24) is 4.90 Å². The van der Waals surface area contributed by atoms with E-state index in [4.69, 9.17) is 0 Å². The summed E-state index contributed by atoms with van der Waals surface area (Å²) in [7, 11) is 0. The average molecular weight is 185 g/mol. The minimum absolute atomic E-state index is 0.212. The van der Waals surface area contributed by atoms with Crippen molar-refractivity contribution in [3.8, 4) is 0 Å². The van der Waals surface area contributed by atoms with Crippen molar-refractivity contribution in [2.75, 3.05) is 18.8 Å². The summed E-state index contributed by atoms with van der Waals surface area (Å²) in [6, 6.07) is 0. The van der Waals surface area contributed by atoms with E-state index in [1.165, 1.54) is 25.7 Å². The Kier molecular flexibility index (Phi) is 2.07. The molecule has 2 rings (SSSR count). The summed E-state index contributed by atoms with van der Waals surface area (Å²) >= 11 is 4.01. The molecule has 0 bridgehead atoms. The van der Waals surface area contributed by atoms with Crippen molar-refractivity contribution in [1.29, 1.82) is 0 Å². The first-order chi connectivity index (χ1) is 5.76. The van der Waals surface area contributed by atoms with Crippen molar-refractivity contribution >= 4 is 18.5 Å². The Morgan fingerprint density at radius 1 is 1.42 bits per heavy atom. The van der Waals surface area contributed by atoms with Crippen LogP contribution in [0.5, 0.6) is 0 Å². The van der Waals surface area contributed by atoms with Gasteiger partial charge in [0, 0.05) is 13.1 Å². The summed E-state index contributed by atoms with van der Waals surface area (Å²) in [5.74, 6) is 0.583. The van der Waals surface area contributed by atoms with Crippen LogP contribution in [0.15, 0.2) is 0 Å². The third-order valence-corrected chi connectivity index (χ3v) is 3.38. The zero-order valence-electron chi connectivity index (χ0n) is 7.25. The second-order valence-corrected chi connectivity index (χ2v) is 4.39. The Morgan fingerprint density at radius 3 is 2.75 bits per heavy atom. The molecule has 1 saturated carbocycles. The van der Waals surface area contributed by atoms with Gasteiger partial charge in [0.15, 0.2) is 0 Å². The molecule has 2 nitrogen and oxygen atoms in total. The molecule has 0 aromatic carbocycles. The van der Waals surface area contributed by atoms with Gasteiger partial charge in [-0.2, -0.15) is 12.6 Å². The molecule has 12 heavy (non-hydrogen) atoms. The van der Waals surface area contributed by atoms with Gasteiger partial charge in [0.1, 0.15) is 0 Å². The summed E-state index contributed by atoms with van der Waals surface area (Å²) in [5.41, 5.74) is 0.552. The molecule has 0 unspecified atom stereocenters. The monoisotopic (exact) mass is 185 g/mol. The van der Waals surface area contributed by atoms with E-state index in [9.17, 15) is 4.79 Å². The number of piperidine rings is 1. The zero-order chi connectivity index (χ0) is 8.60. The fourth-order valence-electron chi connectivity index (χ4n) is 2.11. The van der Waals surface area contributed by atoms with E-state index in [-0.39, 0.29) is 5.91 Å². The number of thiol groups is 1. The predicted molar refractivity (Wildman–Crippen MR) is 51.3 cm³/mol. The smallest absolute Gasteiger partial charge is 0.232 e. The highest BCUT2D eigenvalue weighted by molar-refractivity contribution is 7.81. The van der Waals surface area contributed by atoms with Crippen LogP contribution in [0.25, 0.3) is 0 Å². The number of amides is 1. The highest BCUT2D eigenvalue weighted by Crippen LogP contribution is 2.51. The highest BCUT2D eigenvalue weighted by Gasteiger charge is 2.46. The van der Waals surface area contributed by atoms with Gasteiger partial charge in [0.2, 0.25) is 5.91 Å². The number of hydrogen-bond acceptors (Lipinski definition) is 2. The zero-order valence-corrected chi connectivity index (χ0v) is 8.15.